The largest absolute Gasteiger partial charge is 0.334 e. The molecule has 0 spiro atoms. The molecule has 176 valence electrons. The second-order valence-electron chi connectivity index (χ2n) is 8.80. The number of carbonyl (C=O) groups is 1. The van der Waals surface area contributed by atoms with Crippen molar-refractivity contribution in [3.63, 3.8) is 0 Å². The number of rotatable bonds is 5. The second-order valence-corrected chi connectivity index (χ2v) is 9.24. The minimum atomic E-state index is -0.426. The molecule has 0 radical (unpaired) electrons. The molecule has 5 rings (SSSR count). The zero-order chi connectivity index (χ0) is 24.5. The Kier molecular flexibility index (Phi) is 6.14. The lowest BCUT2D eigenvalue weighted by atomic mass is 9.94. The molecule has 1 unspecified atom stereocenters. The summed E-state index contributed by atoms with van der Waals surface area (Å²) in [5.74, 6) is 0.880. The molecule has 2 heterocycles. The number of nitrogens with one attached hydrogen (secondary N) is 1. The van der Waals surface area contributed by atoms with Crippen LogP contribution in [0.15, 0.2) is 83.0 Å². The van der Waals surface area contributed by atoms with Gasteiger partial charge in [0.05, 0.1) is 18.2 Å². The van der Waals surface area contributed by atoms with E-state index < -0.39 is 6.04 Å². The molecule has 1 aliphatic rings. The Labute approximate surface area is 209 Å². The van der Waals surface area contributed by atoms with Gasteiger partial charge in [-0.2, -0.15) is 4.98 Å². The van der Waals surface area contributed by atoms with Gasteiger partial charge in [-0.25, -0.2) is 4.79 Å². The van der Waals surface area contributed by atoms with Gasteiger partial charge in [-0.15, -0.1) is 0 Å². The summed E-state index contributed by atoms with van der Waals surface area (Å²) in [5, 5.41) is 8.02. The van der Waals surface area contributed by atoms with Gasteiger partial charge in [-0.1, -0.05) is 82.5 Å². The molecule has 1 aliphatic heterocycles. The molecule has 0 fully saturated rings. The Bertz CT molecular complexity index is 1420. The smallest absolute Gasteiger partial charge is 0.322 e. The Hall–Kier alpha value is -3.90. The monoisotopic (exact) mass is 484 g/mol. The average molecular weight is 485 g/mol. The van der Waals surface area contributed by atoms with E-state index in [2.05, 4.69) is 10.5 Å². The summed E-state index contributed by atoms with van der Waals surface area (Å²) in [4.78, 5) is 19.7. The molecule has 2 amide bonds. The van der Waals surface area contributed by atoms with Gasteiger partial charge in [-0.05, 0) is 50.1 Å². The molecule has 4 aromatic rings. The summed E-state index contributed by atoms with van der Waals surface area (Å²) in [6.45, 7) is 6.33. The molecule has 1 aromatic heterocycles. The average Bonchev–Trinajstić information content (AvgIpc) is 3.32. The molecule has 1 atom stereocenters. The second kappa shape index (κ2) is 9.39. The summed E-state index contributed by atoms with van der Waals surface area (Å²) in [7, 11) is 0. The predicted octanol–water partition coefficient (Wildman–Crippen LogP) is 6.70. The van der Waals surface area contributed by atoms with E-state index >= 15 is 0 Å². The molecule has 7 heteroatoms. The topological polar surface area (TPSA) is 71.3 Å². The number of carbonyl (C=O) groups excluding carboxylic acids is 1. The van der Waals surface area contributed by atoms with Gasteiger partial charge >= 0.3 is 6.03 Å². The molecule has 35 heavy (non-hydrogen) atoms. The molecule has 0 aliphatic carbocycles. The maximum Gasteiger partial charge on any atom is 0.322 e. The van der Waals surface area contributed by atoms with Crippen LogP contribution in [0.5, 0.6) is 0 Å². The third-order valence-corrected chi connectivity index (χ3v) is 6.40. The first-order valence-electron chi connectivity index (χ1n) is 11.4. The minimum Gasteiger partial charge on any atom is -0.334 e. The number of aromatic nitrogens is 2. The number of urea groups is 1. The van der Waals surface area contributed by atoms with Crippen molar-refractivity contribution in [1.29, 1.82) is 0 Å². The number of amides is 2. The zero-order valence-corrected chi connectivity index (χ0v) is 20.5. The molecule has 1 N–H and O–H groups in total. The first-order valence-corrected chi connectivity index (χ1v) is 11.8. The van der Waals surface area contributed by atoms with E-state index in [1.807, 2.05) is 93.6 Å². The quantitative estimate of drug-likeness (QED) is 0.342. The van der Waals surface area contributed by atoms with Gasteiger partial charge < -0.3 is 9.84 Å². The van der Waals surface area contributed by atoms with Crippen LogP contribution >= 0.6 is 11.6 Å². The van der Waals surface area contributed by atoms with Crippen molar-refractivity contribution in [3.8, 4) is 11.4 Å². The van der Waals surface area contributed by atoms with Crippen molar-refractivity contribution in [1.82, 2.24) is 20.4 Å². The highest BCUT2D eigenvalue weighted by atomic mass is 35.5. The Morgan fingerprint density at radius 1 is 0.971 bits per heavy atom. The third-order valence-electron chi connectivity index (χ3n) is 6.17. The van der Waals surface area contributed by atoms with Gasteiger partial charge in [0.15, 0.2) is 0 Å². The van der Waals surface area contributed by atoms with Gasteiger partial charge in [0.25, 0.3) is 5.89 Å². The van der Waals surface area contributed by atoms with Gasteiger partial charge in [0.2, 0.25) is 5.82 Å². The first kappa shape index (κ1) is 22.9. The normalized spacial score (nSPS) is 15.9. The van der Waals surface area contributed by atoms with E-state index in [0.29, 0.717) is 23.3 Å². The standard InChI is InChI=1S/C28H25ClN4O2/c1-17-10-12-21(13-11-17)25-24(27-31-26(32-35-27)22-8-4-6-18(2)14-22)19(3)33(28(34)30-25)16-20-7-5-9-23(29)15-20/h4-15,25H,16H2,1-3H3,(H,30,34). The molecular weight excluding hydrogens is 460 g/mol. The fraction of sp³-hybridized carbons (Fsp3) is 0.179. The van der Waals surface area contributed by atoms with Crippen molar-refractivity contribution >= 4 is 23.2 Å². The third kappa shape index (κ3) is 4.70. The fourth-order valence-electron chi connectivity index (χ4n) is 4.31. The molecule has 0 saturated carbocycles. The van der Waals surface area contributed by atoms with Crippen LogP contribution in [0.4, 0.5) is 4.79 Å². The Morgan fingerprint density at radius 3 is 2.49 bits per heavy atom. The number of nitrogens with zero attached hydrogens (tertiary/aromatic N) is 3. The number of aryl methyl sites for hydroxylation is 2. The number of hydrogen-bond donors (Lipinski definition) is 1. The predicted molar refractivity (Wildman–Crippen MR) is 137 cm³/mol. The summed E-state index contributed by atoms with van der Waals surface area (Å²) in [5.41, 5.74) is 6.50. The number of allylic oxidation sites excluding steroid dienone is 1. The van der Waals surface area contributed by atoms with E-state index in [4.69, 9.17) is 21.1 Å². The van der Waals surface area contributed by atoms with Crippen LogP contribution in [0.25, 0.3) is 17.0 Å². The van der Waals surface area contributed by atoms with Gasteiger partial charge in [0, 0.05) is 16.3 Å². The highest BCUT2D eigenvalue weighted by Gasteiger charge is 2.35. The first-order chi connectivity index (χ1) is 16.9. The lowest BCUT2D eigenvalue weighted by Gasteiger charge is -2.35. The molecule has 3 aromatic carbocycles. The van der Waals surface area contributed by atoms with Gasteiger partial charge in [0.1, 0.15) is 0 Å². The van der Waals surface area contributed by atoms with E-state index in [1.54, 1.807) is 4.90 Å². The van der Waals surface area contributed by atoms with E-state index in [9.17, 15) is 4.79 Å². The van der Waals surface area contributed by atoms with Crippen LogP contribution in [0, 0.1) is 13.8 Å². The van der Waals surface area contributed by atoms with Crippen molar-refractivity contribution < 1.29 is 9.32 Å². The summed E-state index contributed by atoms with van der Waals surface area (Å²) in [6.07, 6.45) is 0. The molecule has 6 nitrogen and oxygen atoms in total. The fourth-order valence-corrected chi connectivity index (χ4v) is 4.52. The maximum atomic E-state index is 13.3. The zero-order valence-electron chi connectivity index (χ0n) is 19.7. The number of halogens is 1. The van der Waals surface area contributed by atoms with E-state index in [0.717, 1.165) is 39.1 Å². The van der Waals surface area contributed by atoms with Crippen LogP contribution in [-0.4, -0.2) is 21.1 Å². The lowest BCUT2D eigenvalue weighted by molar-refractivity contribution is 0.203. The van der Waals surface area contributed by atoms with Crippen LogP contribution < -0.4 is 5.32 Å². The highest BCUT2D eigenvalue weighted by molar-refractivity contribution is 6.30. The van der Waals surface area contributed by atoms with Gasteiger partial charge in [-0.3, -0.25) is 4.90 Å². The molecule has 0 saturated heterocycles. The van der Waals surface area contributed by atoms with Crippen molar-refractivity contribution in [2.24, 2.45) is 0 Å². The summed E-state index contributed by atoms with van der Waals surface area (Å²) >= 11 is 6.18. The highest BCUT2D eigenvalue weighted by Crippen LogP contribution is 2.38. The Morgan fingerprint density at radius 2 is 1.74 bits per heavy atom. The van der Waals surface area contributed by atoms with E-state index in [-0.39, 0.29) is 6.03 Å². The lowest BCUT2D eigenvalue weighted by Crippen LogP contribution is -2.45. The molecule has 0 bridgehead atoms. The minimum absolute atomic E-state index is 0.199. The van der Waals surface area contributed by atoms with E-state index in [1.165, 1.54) is 0 Å². The van der Waals surface area contributed by atoms with Crippen LogP contribution in [0.3, 0.4) is 0 Å². The summed E-state index contributed by atoms with van der Waals surface area (Å²) in [6, 6.07) is 22.9. The van der Waals surface area contributed by atoms with Crippen LogP contribution in [0.1, 0.15) is 41.1 Å². The van der Waals surface area contributed by atoms with Crippen LogP contribution in [0.2, 0.25) is 5.02 Å². The van der Waals surface area contributed by atoms with Crippen molar-refractivity contribution in [2.75, 3.05) is 0 Å². The van der Waals surface area contributed by atoms with Crippen molar-refractivity contribution in [3.05, 3.63) is 112 Å². The Balaban J connectivity index is 1.60. The summed E-state index contributed by atoms with van der Waals surface area (Å²) < 4.78 is 5.78. The number of hydrogen-bond acceptors (Lipinski definition) is 4. The van der Waals surface area contributed by atoms with Crippen molar-refractivity contribution in [2.45, 2.75) is 33.4 Å². The number of benzene rings is 3. The molecular formula is C28H25ClN4O2. The van der Waals surface area contributed by atoms with Crippen LogP contribution in [-0.2, 0) is 6.54 Å². The SMILES string of the molecule is CC1=C(c2nc(-c3cccc(C)c3)no2)C(c2ccc(C)cc2)NC(=O)N1Cc1cccc(Cl)c1. The maximum absolute atomic E-state index is 13.3.